The van der Waals surface area contributed by atoms with E-state index in [0.717, 1.165) is 27.5 Å². The number of hydrogen-bond donors (Lipinski definition) is 2. The highest BCUT2D eigenvalue weighted by Gasteiger charge is 2.07. The third-order valence-corrected chi connectivity index (χ3v) is 3.85. The Hall–Kier alpha value is -2.31. The van der Waals surface area contributed by atoms with E-state index >= 15 is 0 Å². The molecule has 21 heavy (non-hydrogen) atoms. The van der Waals surface area contributed by atoms with Crippen LogP contribution in [-0.4, -0.2) is 15.1 Å². The Morgan fingerprint density at radius 3 is 2.71 bits per heavy atom. The molecule has 0 saturated heterocycles. The van der Waals surface area contributed by atoms with Crippen molar-refractivity contribution in [1.29, 1.82) is 0 Å². The largest absolute Gasteiger partial charge is 0.376 e. The summed E-state index contributed by atoms with van der Waals surface area (Å²) in [5.74, 6) is 0. The molecule has 0 aliphatic carbocycles. The van der Waals surface area contributed by atoms with Crippen LogP contribution in [-0.2, 0) is 0 Å². The highest BCUT2D eigenvalue weighted by Crippen LogP contribution is 2.29. The molecule has 0 aliphatic rings. The number of nitrogens with two attached hydrogens (primary N) is 1. The predicted octanol–water partition coefficient (Wildman–Crippen LogP) is 3.53. The Morgan fingerprint density at radius 1 is 1.14 bits per heavy atom. The summed E-state index contributed by atoms with van der Waals surface area (Å²) in [4.78, 5) is 8.69. The summed E-state index contributed by atoms with van der Waals surface area (Å²) in [5.41, 5.74) is 9.39. The van der Waals surface area contributed by atoms with Crippen molar-refractivity contribution in [2.24, 2.45) is 5.73 Å². The number of aromatic nitrogens is 2. The minimum atomic E-state index is 0.253. The van der Waals surface area contributed by atoms with Crippen molar-refractivity contribution in [2.45, 2.75) is 0 Å². The van der Waals surface area contributed by atoms with Crippen molar-refractivity contribution < 1.29 is 0 Å². The Bertz CT molecular complexity index is 768. The zero-order chi connectivity index (χ0) is 14.7. The first-order chi connectivity index (χ1) is 10.2. The zero-order valence-electron chi connectivity index (χ0n) is 11.0. The normalized spacial score (nSPS) is 10.3. The molecule has 0 fully saturated rings. The van der Waals surface area contributed by atoms with Crippen molar-refractivity contribution in [2.75, 3.05) is 5.32 Å². The van der Waals surface area contributed by atoms with E-state index in [1.807, 2.05) is 41.8 Å². The van der Waals surface area contributed by atoms with Gasteiger partial charge in [0.1, 0.15) is 5.01 Å². The van der Waals surface area contributed by atoms with E-state index in [-0.39, 0.29) is 5.11 Å². The smallest absolute Gasteiger partial charge is 0.168 e. The number of nitrogens with zero attached hydrogens (tertiary/aromatic N) is 2. The summed E-state index contributed by atoms with van der Waals surface area (Å²) in [6, 6.07) is 11.8. The highest BCUT2D eigenvalue weighted by atomic mass is 32.1. The lowest BCUT2D eigenvalue weighted by Gasteiger charge is -2.04. The fourth-order valence-corrected chi connectivity index (χ4v) is 2.88. The molecular weight excluding hydrogens is 300 g/mol. The summed E-state index contributed by atoms with van der Waals surface area (Å²) in [5, 5.41) is 6.18. The van der Waals surface area contributed by atoms with Gasteiger partial charge >= 0.3 is 0 Å². The molecule has 2 heterocycles. The SMILES string of the molecule is NC(=S)Nc1cccc(-c2nc(-c3ccncc3)cs2)c1. The Kier molecular flexibility index (Phi) is 3.89. The molecule has 0 atom stereocenters. The second-order valence-corrected chi connectivity index (χ2v) is 5.64. The van der Waals surface area contributed by atoms with Gasteiger partial charge in [-0.3, -0.25) is 4.98 Å². The third-order valence-electron chi connectivity index (χ3n) is 2.86. The molecule has 0 amide bonds. The van der Waals surface area contributed by atoms with Crippen LogP contribution in [0.4, 0.5) is 5.69 Å². The van der Waals surface area contributed by atoms with E-state index < -0.39 is 0 Å². The van der Waals surface area contributed by atoms with E-state index in [2.05, 4.69) is 15.3 Å². The van der Waals surface area contributed by atoms with Gasteiger partial charge in [-0.25, -0.2) is 4.98 Å². The molecule has 0 bridgehead atoms. The van der Waals surface area contributed by atoms with Gasteiger partial charge in [0.05, 0.1) is 5.69 Å². The maximum atomic E-state index is 5.49. The van der Waals surface area contributed by atoms with Gasteiger partial charge in [-0.15, -0.1) is 11.3 Å². The molecule has 6 heteroatoms. The Balaban J connectivity index is 1.91. The summed E-state index contributed by atoms with van der Waals surface area (Å²) in [6.45, 7) is 0. The molecule has 0 aliphatic heterocycles. The van der Waals surface area contributed by atoms with Crippen LogP contribution in [0.15, 0.2) is 54.2 Å². The van der Waals surface area contributed by atoms with Crippen LogP contribution in [0.3, 0.4) is 0 Å². The van der Waals surface area contributed by atoms with Gasteiger partial charge in [-0.2, -0.15) is 0 Å². The van der Waals surface area contributed by atoms with E-state index in [1.165, 1.54) is 0 Å². The Morgan fingerprint density at radius 2 is 1.95 bits per heavy atom. The number of nitrogens with one attached hydrogen (secondary N) is 1. The van der Waals surface area contributed by atoms with Gasteiger partial charge in [-0.1, -0.05) is 12.1 Å². The molecule has 1 aromatic carbocycles. The van der Waals surface area contributed by atoms with Crippen molar-refractivity contribution in [3.63, 3.8) is 0 Å². The minimum Gasteiger partial charge on any atom is -0.376 e. The number of thiazole rings is 1. The summed E-state index contributed by atoms with van der Waals surface area (Å²) < 4.78 is 0. The summed E-state index contributed by atoms with van der Waals surface area (Å²) in [6.07, 6.45) is 3.53. The molecule has 2 aromatic heterocycles. The van der Waals surface area contributed by atoms with Crippen molar-refractivity contribution in [3.8, 4) is 21.8 Å². The topological polar surface area (TPSA) is 63.8 Å². The summed E-state index contributed by atoms with van der Waals surface area (Å²) >= 11 is 6.45. The number of benzene rings is 1. The average molecular weight is 312 g/mol. The number of pyridine rings is 1. The second kappa shape index (κ2) is 5.99. The minimum absolute atomic E-state index is 0.253. The van der Waals surface area contributed by atoms with Crippen molar-refractivity contribution in [3.05, 3.63) is 54.2 Å². The fraction of sp³-hybridized carbons (Fsp3) is 0. The monoisotopic (exact) mass is 312 g/mol. The maximum Gasteiger partial charge on any atom is 0.168 e. The number of anilines is 1. The van der Waals surface area contributed by atoms with Crippen LogP contribution in [0.25, 0.3) is 21.8 Å². The lowest BCUT2D eigenvalue weighted by atomic mass is 10.2. The summed E-state index contributed by atoms with van der Waals surface area (Å²) in [7, 11) is 0. The molecule has 3 rings (SSSR count). The molecule has 3 N–H and O–H groups in total. The van der Waals surface area contributed by atoms with E-state index in [1.54, 1.807) is 23.7 Å². The zero-order valence-corrected chi connectivity index (χ0v) is 12.6. The van der Waals surface area contributed by atoms with Gasteiger partial charge in [-0.05, 0) is 36.5 Å². The molecule has 0 saturated carbocycles. The lowest BCUT2D eigenvalue weighted by Crippen LogP contribution is -2.18. The Labute approximate surface area is 131 Å². The van der Waals surface area contributed by atoms with Gasteiger partial charge in [0.25, 0.3) is 0 Å². The molecular formula is C15H12N4S2. The van der Waals surface area contributed by atoms with Crippen LogP contribution >= 0.6 is 23.6 Å². The molecule has 3 aromatic rings. The van der Waals surface area contributed by atoms with Crippen LogP contribution in [0.1, 0.15) is 0 Å². The predicted molar refractivity (Wildman–Crippen MR) is 91.2 cm³/mol. The first kappa shape index (κ1) is 13.7. The van der Waals surface area contributed by atoms with Gasteiger partial charge in [0.2, 0.25) is 0 Å². The van der Waals surface area contributed by atoms with Gasteiger partial charge in [0.15, 0.2) is 5.11 Å². The molecule has 0 spiro atoms. The second-order valence-electron chi connectivity index (χ2n) is 4.34. The number of hydrogen-bond acceptors (Lipinski definition) is 4. The molecule has 0 unspecified atom stereocenters. The van der Waals surface area contributed by atoms with Crippen LogP contribution < -0.4 is 11.1 Å². The van der Waals surface area contributed by atoms with Crippen LogP contribution in [0.5, 0.6) is 0 Å². The fourth-order valence-electron chi connectivity index (χ4n) is 1.93. The van der Waals surface area contributed by atoms with E-state index in [4.69, 9.17) is 18.0 Å². The quantitative estimate of drug-likeness (QED) is 0.724. The number of thiocarbonyl (C=S) groups is 1. The van der Waals surface area contributed by atoms with Crippen molar-refractivity contribution in [1.82, 2.24) is 9.97 Å². The van der Waals surface area contributed by atoms with Crippen LogP contribution in [0.2, 0.25) is 0 Å². The number of rotatable bonds is 3. The molecule has 0 radical (unpaired) electrons. The lowest BCUT2D eigenvalue weighted by molar-refractivity contribution is 1.31. The standard InChI is InChI=1S/C15H12N4S2/c16-15(20)18-12-3-1-2-11(8-12)14-19-13(9-21-14)10-4-6-17-7-5-10/h1-9H,(H3,16,18,20). The molecule has 4 nitrogen and oxygen atoms in total. The van der Waals surface area contributed by atoms with Gasteiger partial charge in [0, 0.05) is 34.6 Å². The average Bonchev–Trinajstić information content (AvgIpc) is 2.98. The van der Waals surface area contributed by atoms with Crippen LogP contribution in [0, 0.1) is 0 Å². The van der Waals surface area contributed by atoms with E-state index in [0.29, 0.717) is 0 Å². The highest BCUT2D eigenvalue weighted by molar-refractivity contribution is 7.80. The van der Waals surface area contributed by atoms with Crippen molar-refractivity contribution >= 4 is 34.4 Å². The molecule has 104 valence electrons. The first-order valence-electron chi connectivity index (χ1n) is 6.25. The van der Waals surface area contributed by atoms with Gasteiger partial charge < -0.3 is 11.1 Å². The van der Waals surface area contributed by atoms with E-state index in [9.17, 15) is 0 Å². The maximum absolute atomic E-state index is 5.49. The third kappa shape index (κ3) is 3.24. The first-order valence-corrected chi connectivity index (χ1v) is 7.54.